The van der Waals surface area contributed by atoms with Crippen molar-refractivity contribution >= 4 is 38.6 Å². The van der Waals surface area contributed by atoms with Gasteiger partial charge in [0.05, 0.1) is 17.1 Å². The van der Waals surface area contributed by atoms with Crippen LogP contribution >= 0.6 is 0 Å². The molecule has 1 heterocycles. The summed E-state index contributed by atoms with van der Waals surface area (Å²) in [6.45, 7) is 0. The third-order valence-electron chi connectivity index (χ3n) is 8.46. The Morgan fingerprint density at radius 1 is 0.333 bits per heavy atom. The fourth-order valence-corrected chi connectivity index (χ4v) is 6.23. The van der Waals surface area contributed by atoms with E-state index in [9.17, 15) is 0 Å². The van der Waals surface area contributed by atoms with E-state index < -0.39 is 0 Å². The van der Waals surface area contributed by atoms with E-state index in [0.29, 0.717) is 0 Å². The number of aromatic nitrogens is 1. The highest BCUT2D eigenvalue weighted by Crippen LogP contribution is 2.42. The summed E-state index contributed by atoms with van der Waals surface area (Å²) in [5.74, 6) is 0. The maximum absolute atomic E-state index is 5.00. The van der Waals surface area contributed by atoms with Gasteiger partial charge >= 0.3 is 0 Å². The molecular formula is C43H30N2. The molecule has 0 bridgehead atoms. The summed E-state index contributed by atoms with van der Waals surface area (Å²) in [7, 11) is 0. The summed E-state index contributed by atoms with van der Waals surface area (Å²) in [5.41, 5.74) is 9.87. The second-order valence-electron chi connectivity index (χ2n) is 11.2. The van der Waals surface area contributed by atoms with Crippen LogP contribution in [0.3, 0.4) is 0 Å². The number of anilines is 3. The Bertz CT molecular complexity index is 2240. The summed E-state index contributed by atoms with van der Waals surface area (Å²) in [6.07, 6.45) is 0. The van der Waals surface area contributed by atoms with Gasteiger partial charge in [0.15, 0.2) is 0 Å². The SMILES string of the molecule is c1ccc(-c2ccc(N(c3ccc(-c4cccc(-c5ccccc5)n4)cc3)c3cc4ccccc4c4ccccc34)cc2)cc1. The fourth-order valence-electron chi connectivity index (χ4n) is 6.23. The Hall–Kier alpha value is -5.99. The van der Waals surface area contributed by atoms with Gasteiger partial charge in [0.1, 0.15) is 0 Å². The summed E-state index contributed by atoms with van der Waals surface area (Å²) in [6, 6.07) is 64.5. The van der Waals surface area contributed by atoms with Crippen LogP contribution in [0, 0.1) is 0 Å². The maximum Gasteiger partial charge on any atom is 0.0709 e. The van der Waals surface area contributed by atoms with Crippen molar-refractivity contribution in [2.75, 3.05) is 4.90 Å². The molecule has 0 N–H and O–H groups in total. The molecule has 0 aliphatic heterocycles. The first kappa shape index (κ1) is 26.6. The maximum atomic E-state index is 5.00. The molecule has 1 aromatic heterocycles. The van der Waals surface area contributed by atoms with Gasteiger partial charge in [0.2, 0.25) is 0 Å². The molecule has 7 aromatic carbocycles. The van der Waals surface area contributed by atoms with Crippen LogP contribution < -0.4 is 4.90 Å². The van der Waals surface area contributed by atoms with Crippen molar-refractivity contribution in [1.82, 2.24) is 4.98 Å². The van der Waals surface area contributed by atoms with Crippen molar-refractivity contribution in [3.63, 3.8) is 0 Å². The van der Waals surface area contributed by atoms with E-state index in [2.05, 4.69) is 181 Å². The number of pyridine rings is 1. The zero-order valence-corrected chi connectivity index (χ0v) is 24.7. The first-order valence-corrected chi connectivity index (χ1v) is 15.3. The lowest BCUT2D eigenvalue weighted by Crippen LogP contribution is -2.10. The number of hydrogen-bond acceptors (Lipinski definition) is 2. The van der Waals surface area contributed by atoms with Gasteiger partial charge in [0.25, 0.3) is 0 Å². The lowest BCUT2D eigenvalue weighted by atomic mass is 9.98. The van der Waals surface area contributed by atoms with Crippen LogP contribution in [0.15, 0.2) is 182 Å². The van der Waals surface area contributed by atoms with Gasteiger partial charge in [-0.3, -0.25) is 0 Å². The second kappa shape index (κ2) is 11.6. The van der Waals surface area contributed by atoms with Crippen LogP contribution in [0.1, 0.15) is 0 Å². The lowest BCUT2D eigenvalue weighted by molar-refractivity contribution is 1.29. The normalized spacial score (nSPS) is 11.1. The molecule has 2 nitrogen and oxygen atoms in total. The second-order valence-corrected chi connectivity index (χ2v) is 11.2. The third kappa shape index (κ3) is 5.13. The van der Waals surface area contributed by atoms with Gasteiger partial charge in [-0.1, -0.05) is 140 Å². The lowest BCUT2D eigenvalue weighted by Gasteiger charge is -2.28. The minimum atomic E-state index is 0.956. The molecule has 0 atom stereocenters. The Morgan fingerprint density at radius 3 is 1.44 bits per heavy atom. The van der Waals surface area contributed by atoms with Gasteiger partial charge in [0, 0.05) is 27.9 Å². The van der Waals surface area contributed by atoms with E-state index in [4.69, 9.17) is 4.98 Å². The number of nitrogens with zero attached hydrogens (tertiary/aromatic N) is 2. The van der Waals surface area contributed by atoms with Crippen LogP contribution in [0.4, 0.5) is 17.1 Å². The molecule has 212 valence electrons. The van der Waals surface area contributed by atoms with Crippen molar-refractivity contribution in [1.29, 1.82) is 0 Å². The molecule has 0 aliphatic rings. The van der Waals surface area contributed by atoms with Crippen LogP contribution in [0.2, 0.25) is 0 Å². The average molecular weight is 575 g/mol. The van der Waals surface area contributed by atoms with E-state index in [0.717, 1.165) is 39.6 Å². The average Bonchev–Trinajstić information content (AvgIpc) is 3.13. The van der Waals surface area contributed by atoms with E-state index in [1.54, 1.807) is 0 Å². The minimum Gasteiger partial charge on any atom is -0.310 e. The summed E-state index contributed by atoms with van der Waals surface area (Å²) in [4.78, 5) is 7.38. The molecule has 0 fully saturated rings. The quantitative estimate of drug-likeness (QED) is 0.184. The highest BCUT2D eigenvalue weighted by atomic mass is 15.1. The van der Waals surface area contributed by atoms with Crippen molar-refractivity contribution in [2.45, 2.75) is 0 Å². The van der Waals surface area contributed by atoms with Gasteiger partial charge in [-0.25, -0.2) is 4.98 Å². The number of hydrogen-bond donors (Lipinski definition) is 0. The van der Waals surface area contributed by atoms with E-state index >= 15 is 0 Å². The third-order valence-corrected chi connectivity index (χ3v) is 8.46. The predicted octanol–water partition coefficient (Wildman–Crippen LogP) is 11.9. The van der Waals surface area contributed by atoms with E-state index in [1.807, 2.05) is 6.07 Å². The molecule has 0 radical (unpaired) electrons. The highest BCUT2D eigenvalue weighted by molar-refractivity contribution is 6.14. The molecule has 8 rings (SSSR count). The van der Waals surface area contributed by atoms with Crippen molar-refractivity contribution in [2.24, 2.45) is 0 Å². The predicted molar refractivity (Wildman–Crippen MR) is 190 cm³/mol. The minimum absolute atomic E-state index is 0.956. The number of fused-ring (bicyclic) bond motifs is 3. The monoisotopic (exact) mass is 574 g/mol. The topological polar surface area (TPSA) is 16.1 Å². The molecular weight excluding hydrogens is 544 g/mol. The van der Waals surface area contributed by atoms with Crippen LogP contribution in [-0.2, 0) is 0 Å². The Kier molecular flexibility index (Phi) is 6.86. The molecule has 45 heavy (non-hydrogen) atoms. The van der Waals surface area contributed by atoms with Crippen LogP contribution in [0.25, 0.3) is 55.2 Å². The van der Waals surface area contributed by atoms with Crippen molar-refractivity contribution in [3.05, 3.63) is 182 Å². The summed E-state index contributed by atoms with van der Waals surface area (Å²) < 4.78 is 0. The molecule has 2 heteroatoms. The Balaban J connectivity index is 1.26. The van der Waals surface area contributed by atoms with Gasteiger partial charge in [-0.05, 0) is 69.8 Å². The van der Waals surface area contributed by atoms with Crippen LogP contribution in [-0.4, -0.2) is 4.98 Å². The Labute approximate surface area is 263 Å². The first-order chi connectivity index (χ1) is 22.3. The highest BCUT2D eigenvalue weighted by Gasteiger charge is 2.18. The molecule has 0 unspecified atom stereocenters. The molecule has 0 saturated carbocycles. The van der Waals surface area contributed by atoms with Gasteiger partial charge in [-0.2, -0.15) is 0 Å². The zero-order valence-electron chi connectivity index (χ0n) is 24.7. The number of benzene rings is 7. The zero-order chi connectivity index (χ0) is 30.0. The molecule has 0 saturated heterocycles. The molecule has 0 spiro atoms. The fraction of sp³-hybridized carbons (Fsp3) is 0. The summed E-state index contributed by atoms with van der Waals surface area (Å²) in [5, 5.41) is 4.94. The number of rotatable bonds is 6. The van der Waals surface area contributed by atoms with E-state index in [-0.39, 0.29) is 0 Å². The van der Waals surface area contributed by atoms with Crippen LogP contribution in [0.5, 0.6) is 0 Å². The largest absolute Gasteiger partial charge is 0.310 e. The summed E-state index contributed by atoms with van der Waals surface area (Å²) >= 11 is 0. The van der Waals surface area contributed by atoms with Gasteiger partial charge < -0.3 is 4.90 Å². The standard InChI is InChI=1S/C43H30N2/c1-3-12-31(13-4-1)32-22-26-36(27-23-32)45(43-30-35-16-7-8-17-38(35)39-18-9-10-19-40(39)43)37-28-24-34(25-29-37)42-21-11-20-41(44-42)33-14-5-2-6-15-33/h1-30H. The van der Waals surface area contributed by atoms with Gasteiger partial charge in [-0.15, -0.1) is 0 Å². The Morgan fingerprint density at radius 2 is 0.800 bits per heavy atom. The smallest absolute Gasteiger partial charge is 0.0709 e. The van der Waals surface area contributed by atoms with Crippen molar-refractivity contribution < 1.29 is 0 Å². The van der Waals surface area contributed by atoms with E-state index in [1.165, 1.54) is 32.7 Å². The van der Waals surface area contributed by atoms with Crippen molar-refractivity contribution in [3.8, 4) is 33.6 Å². The first-order valence-electron chi connectivity index (χ1n) is 15.3. The molecule has 0 amide bonds. The molecule has 0 aliphatic carbocycles. The molecule has 8 aromatic rings.